The van der Waals surface area contributed by atoms with Gasteiger partial charge in [-0.15, -0.1) is 0 Å². The molecule has 0 rings (SSSR count). The summed E-state index contributed by atoms with van der Waals surface area (Å²) < 4.78 is 0. The van der Waals surface area contributed by atoms with Crippen molar-refractivity contribution in [2.24, 2.45) is 0 Å². The fourth-order valence-electron chi connectivity index (χ4n) is 6.41. The summed E-state index contributed by atoms with van der Waals surface area (Å²) in [6.45, 7) is 3.91. The number of unbranched alkanes of at least 4 members (excludes halogenated alkanes) is 20. The van der Waals surface area contributed by atoms with Gasteiger partial charge in [-0.25, -0.2) is 0 Å². The number of hydrogen-bond acceptors (Lipinski definition) is 5. The molecule has 0 aromatic heterocycles. The van der Waals surface area contributed by atoms with Gasteiger partial charge in [-0.1, -0.05) is 171 Å². The molecular formula is C47H85NO5. The van der Waals surface area contributed by atoms with Crippen LogP contribution in [0.15, 0.2) is 60.8 Å². The van der Waals surface area contributed by atoms with Crippen LogP contribution in [0.4, 0.5) is 0 Å². The predicted octanol–water partition coefficient (Wildman–Crippen LogP) is 11.7. The molecule has 0 aromatic rings. The third-order valence-electron chi connectivity index (χ3n) is 9.92. The van der Waals surface area contributed by atoms with Crippen molar-refractivity contribution in [3.05, 3.63) is 60.8 Å². The number of hydrogen-bond donors (Lipinski definition) is 5. The van der Waals surface area contributed by atoms with E-state index in [9.17, 15) is 25.2 Å². The van der Waals surface area contributed by atoms with Crippen LogP contribution in [0.5, 0.6) is 0 Å². The minimum Gasteiger partial charge on any atom is -0.394 e. The number of nitrogens with one attached hydrogen (secondary N) is 1. The Morgan fingerprint density at radius 2 is 0.906 bits per heavy atom. The molecule has 0 heterocycles. The lowest BCUT2D eigenvalue weighted by Gasteiger charge is -2.27. The molecule has 5 N–H and O–H groups in total. The van der Waals surface area contributed by atoms with Gasteiger partial charge in [0.2, 0.25) is 5.91 Å². The maximum absolute atomic E-state index is 12.5. The molecule has 6 nitrogen and oxygen atoms in total. The molecule has 4 unspecified atom stereocenters. The second-order valence-electron chi connectivity index (χ2n) is 15.0. The highest BCUT2D eigenvalue weighted by molar-refractivity contribution is 5.80. The number of amides is 1. The second-order valence-corrected chi connectivity index (χ2v) is 15.0. The van der Waals surface area contributed by atoms with E-state index in [4.69, 9.17) is 0 Å². The first kappa shape index (κ1) is 51.0. The van der Waals surface area contributed by atoms with Crippen LogP contribution < -0.4 is 5.32 Å². The molecule has 0 aliphatic heterocycles. The molecular weight excluding hydrogens is 659 g/mol. The zero-order chi connectivity index (χ0) is 38.9. The normalized spacial score (nSPS) is 14.8. The van der Waals surface area contributed by atoms with Gasteiger partial charge in [0.1, 0.15) is 12.2 Å². The van der Waals surface area contributed by atoms with Crippen LogP contribution in [0.2, 0.25) is 0 Å². The lowest BCUT2D eigenvalue weighted by molar-refractivity contribution is -0.132. The molecule has 0 saturated carbocycles. The van der Waals surface area contributed by atoms with Crippen LogP contribution in [0.3, 0.4) is 0 Å². The summed E-state index contributed by atoms with van der Waals surface area (Å²) in [7, 11) is 0. The van der Waals surface area contributed by atoms with Gasteiger partial charge in [0, 0.05) is 0 Å². The average Bonchev–Trinajstić information content (AvgIpc) is 3.16. The fourth-order valence-corrected chi connectivity index (χ4v) is 6.41. The Kier molecular flexibility index (Phi) is 39.6. The molecule has 0 spiro atoms. The summed E-state index contributed by atoms with van der Waals surface area (Å²) in [4.78, 5) is 12.5. The maximum Gasteiger partial charge on any atom is 0.249 e. The van der Waals surface area contributed by atoms with Crippen molar-refractivity contribution in [3.8, 4) is 0 Å². The van der Waals surface area contributed by atoms with Gasteiger partial charge in [-0.3, -0.25) is 4.79 Å². The Balaban J connectivity index is 3.78. The Bertz CT molecular complexity index is 926. The van der Waals surface area contributed by atoms with Crippen molar-refractivity contribution in [2.45, 2.75) is 224 Å². The molecule has 1 amide bonds. The third kappa shape index (κ3) is 35.5. The van der Waals surface area contributed by atoms with E-state index in [1.54, 1.807) is 0 Å². The fraction of sp³-hybridized carbons (Fsp3) is 0.766. The molecule has 53 heavy (non-hydrogen) atoms. The standard InChI is InChI=1S/C47H85NO5/c1-3-5-7-9-11-13-15-17-18-19-20-21-22-23-24-25-26-27-29-31-33-35-37-39-41-45(51)47(53)48-43(42-49)46(52)44(50)40-38-36-34-32-30-28-16-14-12-10-8-6-4-2/h6,8,14,16,20-21,23-24,32,34,43-46,49-52H,3-5,7,9-13,15,17-19,22,25-31,33,35-42H2,1-2H3,(H,48,53)/b8-6+,16-14+,21-20-,24-23-,34-32+. The maximum atomic E-state index is 12.5. The van der Waals surface area contributed by atoms with Crippen LogP contribution in [0.1, 0.15) is 200 Å². The van der Waals surface area contributed by atoms with Crippen molar-refractivity contribution >= 4 is 5.91 Å². The first-order valence-corrected chi connectivity index (χ1v) is 22.2. The number of allylic oxidation sites excluding steroid dienone is 10. The van der Waals surface area contributed by atoms with Crippen LogP contribution >= 0.6 is 0 Å². The van der Waals surface area contributed by atoms with Crippen LogP contribution in [-0.2, 0) is 4.79 Å². The summed E-state index contributed by atoms with van der Waals surface area (Å²) in [5.74, 6) is -0.608. The summed E-state index contributed by atoms with van der Waals surface area (Å²) in [5.41, 5.74) is 0. The highest BCUT2D eigenvalue weighted by atomic mass is 16.3. The van der Waals surface area contributed by atoms with Gasteiger partial charge in [-0.2, -0.15) is 0 Å². The Hall–Kier alpha value is -1.99. The number of aliphatic hydroxyl groups excluding tert-OH is 4. The van der Waals surface area contributed by atoms with Crippen molar-refractivity contribution < 1.29 is 25.2 Å². The molecule has 4 atom stereocenters. The summed E-state index contributed by atoms with van der Waals surface area (Å²) in [6.07, 6.45) is 51.2. The van der Waals surface area contributed by atoms with E-state index in [1.165, 1.54) is 96.3 Å². The Morgan fingerprint density at radius 3 is 1.40 bits per heavy atom. The van der Waals surface area contributed by atoms with Crippen molar-refractivity contribution in [1.29, 1.82) is 0 Å². The van der Waals surface area contributed by atoms with Crippen molar-refractivity contribution in [1.82, 2.24) is 5.32 Å². The van der Waals surface area contributed by atoms with E-state index in [2.05, 4.69) is 79.9 Å². The van der Waals surface area contributed by atoms with E-state index >= 15 is 0 Å². The number of carbonyl (C=O) groups is 1. The Labute approximate surface area is 327 Å². The molecule has 0 aromatic carbocycles. The first-order valence-electron chi connectivity index (χ1n) is 22.2. The molecule has 0 bridgehead atoms. The van der Waals surface area contributed by atoms with Crippen LogP contribution in [0, 0.1) is 0 Å². The highest BCUT2D eigenvalue weighted by Gasteiger charge is 2.28. The van der Waals surface area contributed by atoms with Crippen LogP contribution in [-0.4, -0.2) is 57.3 Å². The predicted molar refractivity (Wildman–Crippen MR) is 228 cm³/mol. The van der Waals surface area contributed by atoms with Crippen molar-refractivity contribution in [2.75, 3.05) is 6.61 Å². The van der Waals surface area contributed by atoms with E-state index in [0.29, 0.717) is 19.3 Å². The number of aliphatic hydroxyl groups is 4. The van der Waals surface area contributed by atoms with Gasteiger partial charge in [0.15, 0.2) is 0 Å². The zero-order valence-electron chi connectivity index (χ0n) is 34.5. The van der Waals surface area contributed by atoms with Crippen LogP contribution in [0.25, 0.3) is 0 Å². The van der Waals surface area contributed by atoms with E-state index in [0.717, 1.165) is 70.6 Å². The SMILES string of the molecule is CC/C=C/CC/C=C/CC/C=C/CCCC(O)C(O)C(CO)NC(=O)C(O)CCCCCCCCCC/C=C\C/C=C\CCCCCCCCCCC. The highest BCUT2D eigenvalue weighted by Crippen LogP contribution is 2.14. The topological polar surface area (TPSA) is 110 Å². The quantitative estimate of drug-likeness (QED) is 0.0318. The summed E-state index contributed by atoms with van der Waals surface area (Å²) in [6, 6.07) is -1.02. The lowest BCUT2D eigenvalue weighted by atomic mass is 10.00. The van der Waals surface area contributed by atoms with E-state index in [1.807, 2.05) is 0 Å². The molecule has 0 saturated heterocycles. The zero-order valence-corrected chi connectivity index (χ0v) is 34.5. The minimum absolute atomic E-state index is 0.349. The summed E-state index contributed by atoms with van der Waals surface area (Å²) >= 11 is 0. The molecule has 0 aliphatic carbocycles. The van der Waals surface area contributed by atoms with Gasteiger partial charge in [0.05, 0.1) is 18.8 Å². The molecule has 0 fully saturated rings. The number of carbonyl (C=O) groups excluding carboxylic acids is 1. The Morgan fingerprint density at radius 1 is 0.491 bits per heavy atom. The minimum atomic E-state index is -1.30. The van der Waals surface area contributed by atoms with Crippen molar-refractivity contribution in [3.63, 3.8) is 0 Å². The van der Waals surface area contributed by atoms with E-state index < -0.39 is 36.9 Å². The average molecular weight is 744 g/mol. The molecule has 308 valence electrons. The smallest absolute Gasteiger partial charge is 0.249 e. The lowest BCUT2D eigenvalue weighted by Crippen LogP contribution is -2.53. The van der Waals surface area contributed by atoms with Gasteiger partial charge in [-0.05, 0) is 89.9 Å². The second kappa shape index (κ2) is 41.2. The molecule has 6 heteroatoms. The largest absolute Gasteiger partial charge is 0.394 e. The first-order chi connectivity index (χ1) is 26.0. The van der Waals surface area contributed by atoms with Gasteiger partial charge in [0.25, 0.3) is 0 Å². The van der Waals surface area contributed by atoms with E-state index in [-0.39, 0.29) is 0 Å². The molecule has 0 aliphatic rings. The summed E-state index contributed by atoms with van der Waals surface area (Å²) in [5, 5.41) is 43.6. The third-order valence-corrected chi connectivity index (χ3v) is 9.92. The molecule has 0 radical (unpaired) electrons. The van der Waals surface area contributed by atoms with Gasteiger partial charge < -0.3 is 25.7 Å². The number of rotatable bonds is 39. The van der Waals surface area contributed by atoms with Gasteiger partial charge >= 0.3 is 0 Å². The monoisotopic (exact) mass is 744 g/mol.